The van der Waals surface area contributed by atoms with Crippen LogP contribution in [0.5, 0.6) is 0 Å². The summed E-state index contributed by atoms with van der Waals surface area (Å²) in [5, 5.41) is 0. The maximum atomic E-state index is 9.23. The van der Waals surface area contributed by atoms with Crippen molar-refractivity contribution < 1.29 is 15.0 Å². The summed E-state index contributed by atoms with van der Waals surface area (Å²) in [5.41, 5.74) is 15.3. The first kappa shape index (κ1) is 33.5. The first-order chi connectivity index (χ1) is 21.1. The Morgan fingerprint density at radius 3 is 1.36 bits per heavy atom. The molecular weight excluding hydrogens is 671 g/mol. The molecule has 2 atom stereocenters. The van der Waals surface area contributed by atoms with Crippen LogP contribution in [0, 0.1) is 13.8 Å². The van der Waals surface area contributed by atoms with Crippen molar-refractivity contribution in [3.05, 3.63) is 79.9 Å². The average molecular weight is 727 g/mol. The van der Waals surface area contributed by atoms with E-state index in [1.807, 2.05) is 0 Å². The molecule has 0 spiro atoms. The predicted molar refractivity (Wildman–Crippen MR) is 194 cm³/mol. The molecule has 2 aromatic rings. The molecule has 0 N–H and O–H groups in total. The molecule has 2 aromatic carbocycles. The molecule has 4 heteroatoms. The standard InChI is InChI=1S/2C14H17.C12H22Si.2ClH.Zr/c2*1-4-5-12-7-6-11(3)13-8-10(2)9-14(12)13;1-3-7-11(8-4-1)13-12-9-5-2-6-10-12;;;/h2*6-9H,4-5H2,1-3H3;11-12H,1-10H2;2*1H;/q;;;;;+2/p-2. The third-order valence-electron chi connectivity index (χ3n) is 12.2. The molecule has 2 unspecified atom stereocenters. The van der Waals surface area contributed by atoms with Crippen LogP contribution in [0.1, 0.15) is 157 Å². The van der Waals surface area contributed by atoms with Gasteiger partial charge in [0.2, 0.25) is 0 Å². The van der Waals surface area contributed by atoms with Crippen LogP contribution in [0.15, 0.2) is 35.4 Å². The van der Waals surface area contributed by atoms with Gasteiger partial charge in [0.05, 0.1) is 0 Å². The van der Waals surface area contributed by atoms with E-state index in [9.17, 15) is 17.0 Å². The molecule has 0 nitrogen and oxygen atoms in total. The predicted octanol–water partition coefficient (Wildman–Crippen LogP) is 13.5. The van der Waals surface area contributed by atoms with Crippen molar-refractivity contribution in [1.82, 2.24) is 0 Å². The van der Waals surface area contributed by atoms with Crippen molar-refractivity contribution in [2.75, 3.05) is 0 Å². The normalized spacial score (nSPS) is 22.9. The molecule has 0 saturated heterocycles. The Balaban J connectivity index is 1.75. The first-order valence-electron chi connectivity index (χ1n) is 18.2. The van der Waals surface area contributed by atoms with Crippen LogP contribution in [0.3, 0.4) is 0 Å². The van der Waals surface area contributed by atoms with Gasteiger partial charge in [-0.05, 0) is 0 Å². The number of benzene rings is 2. The number of hydrogen-bond donors (Lipinski definition) is 0. The van der Waals surface area contributed by atoms with Crippen LogP contribution in [-0.2, 0) is 27.9 Å². The molecule has 4 aliphatic rings. The third kappa shape index (κ3) is 5.51. The minimum absolute atomic E-state index is 0.220. The number of rotatable bonds is 8. The molecule has 4 aliphatic carbocycles. The van der Waals surface area contributed by atoms with Crippen LogP contribution >= 0.6 is 17.0 Å². The third-order valence-corrected chi connectivity index (χ3v) is 55.5. The quantitative estimate of drug-likeness (QED) is 0.238. The van der Waals surface area contributed by atoms with Gasteiger partial charge in [-0.25, -0.2) is 0 Å². The van der Waals surface area contributed by atoms with E-state index in [1.54, 1.807) is 11.1 Å². The van der Waals surface area contributed by atoms with Crippen LogP contribution in [0.4, 0.5) is 0 Å². The summed E-state index contributed by atoms with van der Waals surface area (Å²) in [4.78, 5) is 0. The van der Waals surface area contributed by atoms with Gasteiger partial charge >= 0.3 is 279 Å². The van der Waals surface area contributed by atoms with Gasteiger partial charge in [-0.3, -0.25) is 0 Å². The van der Waals surface area contributed by atoms with Gasteiger partial charge in [0.15, 0.2) is 0 Å². The topological polar surface area (TPSA) is 0 Å². The Bertz CT molecular complexity index is 1450. The Hall–Kier alpha value is -0.400. The summed E-state index contributed by atoms with van der Waals surface area (Å²) in [6.07, 6.45) is 23.4. The SMILES string of the molecule is CCCc1ccc(C)c2c1C=C(C)[CH]2[Zr]([Cl])([Cl])([CH]1C(C)=Cc2c(CCC)ccc(C)c21)=[Si](C1CCCCC1)C1CCCCC1. The average Bonchev–Trinajstić information content (AvgIpc) is 3.57. The molecule has 0 aliphatic heterocycles. The number of hydrogen-bond acceptors (Lipinski definition) is 0. The van der Waals surface area contributed by atoms with Gasteiger partial charge in [0.1, 0.15) is 0 Å². The zero-order valence-electron chi connectivity index (χ0n) is 28.4. The molecule has 0 aromatic heterocycles. The molecule has 2 saturated carbocycles. The van der Waals surface area contributed by atoms with E-state index < -0.39 is 20.4 Å². The first-order valence-corrected chi connectivity index (χ1v) is 32.7. The van der Waals surface area contributed by atoms with E-state index in [1.165, 1.54) is 122 Å². The van der Waals surface area contributed by atoms with Crippen LogP contribution in [-0.4, -0.2) is 5.43 Å². The van der Waals surface area contributed by atoms with Gasteiger partial charge in [-0.1, -0.05) is 0 Å². The molecule has 6 rings (SSSR count). The Labute approximate surface area is 277 Å². The molecule has 2 fully saturated rings. The molecule has 0 bridgehead atoms. The summed E-state index contributed by atoms with van der Waals surface area (Å²) < 4.78 is 0.440. The molecule has 0 radical (unpaired) electrons. The minimum atomic E-state index is -4.97. The van der Waals surface area contributed by atoms with E-state index in [-0.39, 0.29) is 7.25 Å². The Morgan fingerprint density at radius 2 is 1.00 bits per heavy atom. The molecule has 238 valence electrons. The maximum absolute atomic E-state index is 9.23. The van der Waals surface area contributed by atoms with Gasteiger partial charge < -0.3 is 0 Å². The van der Waals surface area contributed by atoms with E-state index in [0.29, 0.717) is 0 Å². The van der Waals surface area contributed by atoms with Crippen LogP contribution in [0.2, 0.25) is 11.1 Å². The second kappa shape index (κ2) is 13.2. The van der Waals surface area contributed by atoms with Crippen molar-refractivity contribution in [2.24, 2.45) is 0 Å². The second-order valence-corrected chi connectivity index (χ2v) is 51.4. The fourth-order valence-electron chi connectivity index (χ4n) is 10.5. The molecular formula is C40H56Cl2SiZr. The van der Waals surface area contributed by atoms with Crippen LogP contribution in [0.25, 0.3) is 12.2 Å². The van der Waals surface area contributed by atoms with Crippen molar-refractivity contribution in [3.63, 3.8) is 0 Å². The number of allylic oxidation sites excluding steroid dienone is 2. The number of fused-ring (bicyclic) bond motifs is 2. The van der Waals surface area contributed by atoms with E-state index in [2.05, 4.69) is 78.0 Å². The van der Waals surface area contributed by atoms with Gasteiger partial charge in [0.25, 0.3) is 0 Å². The summed E-state index contributed by atoms with van der Waals surface area (Å²) in [7, 11) is 18.5. The van der Waals surface area contributed by atoms with Crippen molar-refractivity contribution in [3.8, 4) is 0 Å². The van der Waals surface area contributed by atoms with Gasteiger partial charge in [-0.2, -0.15) is 0 Å². The van der Waals surface area contributed by atoms with E-state index >= 15 is 0 Å². The van der Waals surface area contributed by atoms with E-state index in [4.69, 9.17) is 0 Å². The second-order valence-electron chi connectivity index (χ2n) is 15.2. The molecule has 44 heavy (non-hydrogen) atoms. The van der Waals surface area contributed by atoms with Gasteiger partial charge in [-0.15, -0.1) is 0 Å². The summed E-state index contributed by atoms with van der Waals surface area (Å²) >= 11 is -4.97. The fourth-order valence-corrected chi connectivity index (χ4v) is 68.0. The van der Waals surface area contributed by atoms with Crippen LogP contribution < -0.4 is 0 Å². The molecule has 0 amide bonds. The Morgan fingerprint density at radius 1 is 0.614 bits per heavy atom. The summed E-state index contributed by atoms with van der Waals surface area (Å²) in [5.74, 6) is 0. The zero-order chi connectivity index (χ0) is 31.2. The summed E-state index contributed by atoms with van der Waals surface area (Å²) in [6, 6.07) is 9.63. The Kier molecular flexibility index (Phi) is 10.1. The zero-order valence-corrected chi connectivity index (χ0v) is 33.4. The number of aryl methyl sites for hydroxylation is 4. The van der Waals surface area contributed by atoms with E-state index in [0.717, 1.165) is 23.9 Å². The monoisotopic (exact) mass is 724 g/mol. The van der Waals surface area contributed by atoms with Gasteiger partial charge in [0, 0.05) is 0 Å². The number of halogens is 2. The van der Waals surface area contributed by atoms with Crippen molar-refractivity contribution in [2.45, 2.75) is 150 Å². The summed E-state index contributed by atoms with van der Waals surface area (Å²) in [6.45, 7) is 14.2. The molecule has 0 heterocycles. The van der Waals surface area contributed by atoms with Crippen molar-refractivity contribution >= 4 is 34.6 Å². The fraction of sp³-hybridized carbons (Fsp3) is 0.600. The van der Waals surface area contributed by atoms with Crippen molar-refractivity contribution in [1.29, 1.82) is 0 Å².